The van der Waals surface area contributed by atoms with Crippen LogP contribution in [0.2, 0.25) is 0 Å². The van der Waals surface area contributed by atoms with Gasteiger partial charge in [0, 0.05) is 30.6 Å². The number of alkyl halides is 2. The van der Waals surface area contributed by atoms with Gasteiger partial charge in [0.15, 0.2) is 0 Å². The molecule has 1 aromatic heterocycles. The van der Waals surface area contributed by atoms with E-state index in [2.05, 4.69) is 21.8 Å². The average Bonchev–Trinajstić information content (AvgIpc) is 3.06. The first-order chi connectivity index (χ1) is 14.7. The number of benzene rings is 1. The van der Waals surface area contributed by atoms with Gasteiger partial charge in [0.2, 0.25) is 5.69 Å². The number of nitrogens with one attached hydrogen (secondary N) is 1. The number of nitrogens with zero attached hydrogens (tertiary/aromatic N) is 4. The molecular formula is C21H20F3N5O2. The van der Waals surface area contributed by atoms with Gasteiger partial charge in [-0.05, 0) is 24.6 Å². The molecule has 4 rings (SSSR count). The zero-order valence-corrected chi connectivity index (χ0v) is 16.5. The van der Waals surface area contributed by atoms with E-state index in [4.69, 9.17) is 6.57 Å². The Balaban J connectivity index is 1.60. The number of carbonyl (C=O) groups is 1. The van der Waals surface area contributed by atoms with Crippen molar-refractivity contribution < 1.29 is 23.1 Å². The first kappa shape index (κ1) is 20.9. The number of rotatable bonds is 2. The summed E-state index contributed by atoms with van der Waals surface area (Å²) in [7, 11) is 0. The van der Waals surface area contributed by atoms with Crippen LogP contribution in [0.3, 0.4) is 0 Å². The minimum Gasteiger partial charge on any atom is -0.384 e. The quantitative estimate of drug-likeness (QED) is 0.558. The maximum absolute atomic E-state index is 15.0. The molecule has 0 saturated heterocycles. The third kappa shape index (κ3) is 3.77. The van der Waals surface area contributed by atoms with Crippen LogP contribution in [-0.4, -0.2) is 38.0 Å². The number of amides is 2. The molecular weight excluding hydrogens is 411 g/mol. The van der Waals surface area contributed by atoms with Crippen LogP contribution in [0, 0.1) is 12.4 Å². The SMILES string of the molecule is [C-]#[N+]c1cc(NC(=O)N2CCc3nn4c(c3C2)C(F)(F)CC[C@](O)(C=C)C4)ccc1F. The third-order valence-electron chi connectivity index (χ3n) is 5.73. The van der Waals surface area contributed by atoms with E-state index >= 15 is 0 Å². The summed E-state index contributed by atoms with van der Waals surface area (Å²) < 4.78 is 44.6. The maximum atomic E-state index is 15.0. The number of anilines is 1. The van der Waals surface area contributed by atoms with Crippen molar-refractivity contribution in [1.29, 1.82) is 0 Å². The maximum Gasteiger partial charge on any atom is 0.322 e. The highest BCUT2D eigenvalue weighted by Crippen LogP contribution is 2.42. The molecule has 0 spiro atoms. The Kier molecular flexibility index (Phi) is 5.01. The summed E-state index contributed by atoms with van der Waals surface area (Å²) in [6.45, 7) is 10.6. The Morgan fingerprint density at radius 3 is 2.87 bits per heavy atom. The molecule has 2 aromatic rings. The molecule has 2 aliphatic heterocycles. The summed E-state index contributed by atoms with van der Waals surface area (Å²) in [6.07, 6.45) is 0.829. The molecule has 0 saturated carbocycles. The molecule has 1 aromatic carbocycles. The van der Waals surface area contributed by atoms with E-state index in [-0.39, 0.29) is 55.1 Å². The molecule has 0 bridgehead atoms. The van der Waals surface area contributed by atoms with Crippen LogP contribution in [-0.2, 0) is 25.4 Å². The Morgan fingerprint density at radius 2 is 2.16 bits per heavy atom. The summed E-state index contributed by atoms with van der Waals surface area (Å²) in [4.78, 5) is 17.1. The molecule has 7 nitrogen and oxygen atoms in total. The van der Waals surface area contributed by atoms with Crippen LogP contribution in [0.5, 0.6) is 0 Å². The van der Waals surface area contributed by atoms with Gasteiger partial charge in [-0.1, -0.05) is 6.08 Å². The van der Waals surface area contributed by atoms with Crippen molar-refractivity contribution in [1.82, 2.24) is 14.7 Å². The van der Waals surface area contributed by atoms with Gasteiger partial charge >= 0.3 is 6.03 Å². The fraction of sp³-hybridized carbons (Fsp3) is 0.381. The Hall–Kier alpha value is -3.32. The smallest absolute Gasteiger partial charge is 0.322 e. The van der Waals surface area contributed by atoms with Gasteiger partial charge in [0.1, 0.15) is 17.1 Å². The Labute approximate surface area is 176 Å². The molecule has 0 radical (unpaired) electrons. The molecule has 0 aliphatic carbocycles. The first-order valence-corrected chi connectivity index (χ1v) is 9.71. The fourth-order valence-electron chi connectivity index (χ4n) is 4.00. The lowest BCUT2D eigenvalue weighted by molar-refractivity contribution is -0.0311. The van der Waals surface area contributed by atoms with E-state index in [0.29, 0.717) is 5.69 Å². The molecule has 2 aliphatic rings. The van der Waals surface area contributed by atoms with Crippen molar-refractivity contribution in [3.05, 3.63) is 65.0 Å². The van der Waals surface area contributed by atoms with Gasteiger partial charge < -0.3 is 15.3 Å². The van der Waals surface area contributed by atoms with Gasteiger partial charge in [-0.15, -0.1) is 6.58 Å². The minimum absolute atomic E-state index is 0.0739. The number of fused-ring (bicyclic) bond motifs is 3. The zero-order chi connectivity index (χ0) is 22.4. The highest BCUT2D eigenvalue weighted by atomic mass is 19.3. The van der Waals surface area contributed by atoms with Crippen molar-refractivity contribution in [2.45, 2.75) is 43.9 Å². The van der Waals surface area contributed by atoms with Crippen molar-refractivity contribution in [2.75, 3.05) is 11.9 Å². The van der Waals surface area contributed by atoms with Crippen LogP contribution in [0.25, 0.3) is 4.85 Å². The van der Waals surface area contributed by atoms with Crippen molar-refractivity contribution in [3.8, 4) is 0 Å². The van der Waals surface area contributed by atoms with E-state index in [1.165, 1.54) is 23.1 Å². The predicted octanol–water partition coefficient (Wildman–Crippen LogP) is 3.97. The molecule has 2 N–H and O–H groups in total. The van der Waals surface area contributed by atoms with Crippen molar-refractivity contribution >= 4 is 17.4 Å². The lowest BCUT2D eigenvalue weighted by atomic mass is 9.95. The third-order valence-corrected chi connectivity index (χ3v) is 5.73. The Bertz CT molecular complexity index is 1110. The van der Waals surface area contributed by atoms with Crippen LogP contribution in [0.4, 0.5) is 29.3 Å². The molecule has 0 unspecified atom stereocenters. The number of urea groups is 1. The van der Waals surface area contributed by atoms with E-state index in [1.54, 1.807) is 0 Å². The number of halogens is 3. The molecule has 1 atom stereocenters. The largest absolute Gasteiger partial charge is 0.384 e. The molecule has 2 amide bonds. The lowest BCUT2D eigenvalue weighted by Crippen LogP contribution is -2.39. The summed E-state index contributed by atoms with van der Waals surface area (Å²) in [6, 6.07) is 3.07. The fourth-order valence-corrected chi connectivity index (χ4v) is 4.00. The average molecular weight is 431 g/mol. The normalized spacial score (nSPS) is 22.0. The van der Waals surface area contributed by atoms with Crippen LogP contribution >= 0.6 is 0 Å². The molecule has 10 heteroatoms. The van der Waals surface area contributed by atoms with Gasteiger partial charge in [-0.25, -0.2) is 14.0 Å². The van der Waals surface area contributed by atoms with Gasteiger partial charge in [0.05, 0.1) is 25.4 Å². The summed E-state index contributed by atoms with van der Waals surface area (Å²) in [5.41, 5.74) is -1.00. The van der Waals surface area contributed by atoms with Crippen molar-refractivity contribution in [3.63, 3.8) is 0 Å². The predicted molar refractivity (Wildman–Crippen MR) is 106 cm³/mol. The summed E-state index contributed by atoms with van der Waals surface area (Å²) in [5.74, 6) is -3.91. The second-order valence-corrected chi connectivity index (χ2v) is 7.82. The Morgan fingerprint density at radius 1 is 1.39 bits per heavy atom. The van der Waals surface area contributed by atoms with Crippen LogP contribution < -0.4 is 5.32 Å². The number of carbonyl (C=O) groups excluding carboxylic acids is 1. The van der Waals surface area contributed by atoms with Gasteiger partial charge in [0.25, 0.3) is 5.92 Å². The van der Waals surface area contributed by atoms with Crippen molar-refractivity contribution in [2.24, 2.45) is 0 Å². The minimum atomic E-state index is -3.21. The number of aromatic nitrogens is 2. The zero-order valence-electron chi connectivity index (χ0n) is 16.5. The molecule has 3 heterocycles. The second-order valence-electron chi connectivity index (χ2n) is 7.82. The van der Waals surface area contributed by atoms with Gasteiger partial charge in [-0.3, -0.25) is 4.68 Å². The highest BCUT2D eigenvalue weighted by Gasteiger charge is 2.46. The first-order valence-electron chi connectivity index (χ1n) is 9.71. The molecule has 0 fully saturated rings. The molecule has 162 valence electrons. The highest BCUT2D eigenvalue weighted by molar-refractivity contribution is 5.90. The second kappa shape index (κ2) is 7.42. The number of hydrogen-bond donors (Lipinski definition) is 2. The van der Waals surface area contributed by atoms with E-state index in [1.807, 2.05) is 0 Å². The summed E-state index contributed by atoms with van der Waals surface area (Å²) >= 11 is 0. The molecule has 31 heavy (non-hydrogen) atoms. The lowest BCUT2D eigenvalue weighted by Gasteiger charge is -2.28. The van der Waals surface area contributed by atoms with Crippen LogP contribution in [0.15, 0.2) is 30.9 Å². The van der Waals surface area contributed by atoms with E-state index in [0.717, 1.165) is 10.7 Å². The van der Waals surface area contributed by atoms with E-state index < -0.39 is 29.8 Å². The summed E-state index contributed by atoms with van der Waals surface area (Å²) in [5, 5.41) is 17.4. The topological polar surface area (TPSA) is 74.8 Å². The van der Waals surface area contributed by atoms with Crippen LogP contribution in [0.1, 0.15) is 29.8 Å². The van der Waals surface area contributed by atoms with Gasteiger partial charge in [-0.2, -0.15) is 13.9 Å². The number of hydrogen-bond acceptors (Lipinski definition) is 3. The monoisotopic (exact) mass is 431 g/mol. The standard InChI is InChI=1S/C21H20F3N5O2/c1-3-20(31)7-8-21(23,24)18-14-11-28(9-6-16(14)27-29(18)12-20)19(30)26-13-4-5-15(22)17(10-13)25-2/h3-5,10,31H,1,6-9,11-12H2,(H,26,30)/t20-/m1/s1. The number of aliphatic hydroxyl groups is 1. The van der Waals surface area contributed by atoms with E-state index in [9.17, 15) is 23.1 Å².